The van der Waals surface area contributed by atoms with Gasteiger partial charge in [-0.1, -0.05) is 45.0 Å². The minimum atomic E-state index is -1.53. The predicted molar refractivity (Wildman–Crippen MR) is 66.5 cm³/mol. The first-order valence-electron chi connectivity index (χ1n) is 5.44. The second kappa shape index (κ2) is 4.70. The number of aliphatic carboxylic acids is 1. The maximum atomic E-state index is 13.2. The number of hydrogen-bond donors (Lipinski definition) is 1. The van der Waals surface area contributed by atoms with Crippen LogP contribution in [0.2, 0.25) is 0 Å². The molecule has 17 heavy (non-hydrogen) atoms. The molecule has 0 fully saturated rings. The standard InChI is InChI=1S/C14H17FO2/c1-9(12(15)13(16)17)10-5-7-11(8-6-10)14(2,3)4/h5-8H,1-4H3,(H,16,17). The first-order valence-corrected chi connectivity index (χ1v) is 5.44. The number of carbonyl (C=O) groups is 1. The van der Waals surface area contributed by atoms with Crippen LogP contribution in [0.1, 0.15) is 38.8 Å². The van der Waals surface area contributed by atoms with Crippen molar-refractivity contribution in [3.05, 3.63) is 41.2 Å². The summed E-state index contributed by atoms with van der Waals surface area (Å²) in [7, 11) is 0. The first-order chi connectivity index (χ1) is 7.73. The van der Waals surface area contributed by atoms with Crippen molar-refractivity contribution in [1.29, 1.82) is 0 Å². The van der Waals surface area contributed by atoms with Gasteiger partial charge in [-0.25, -0.2) is 4.79 Å². The minimum Gasteiger partial charge on any atom is -0.476 e. The quantitative estimate of drug-likeness (QED) is 0.793. The van der Waals surface area contributed by atoms with Crippen LogP contribution in [0.25, 0.3) is 5.57 Å². The van der Waals surface area contributed by atoms with E-state index in [-0.39, 0.29) is 11.0 Å². The SMILES string of the molecule is CC(=C(F)C(=O)O)c1ccc(C(C)(C)C)cc1. The van der Waals surface area contributed by atoms with E-state index in [1.165, 1.54) is 6.92 Å². The van der Waals surface area contributed by atoms with Crippen LogP contribution in [0.4, 0.5) is 4.39 Å². The van der Waals surface area contributed by atoms with Crippen molar-refractivity contribution in [2.45, 2.75) is 33.1 Å². The molecule has 3 heteroatoms. The Balaban J connectivity index is 3.12. The zero-order valence-electron chi connectivity index (χ0n) is 10.5. The zero-order valence-corrected chi connectivity index (χ0v) is 10.5. The van der Waals surface area contributed by atoms with E-state index in [0.29, 0.717) is 5.56 Å². The van der Waals surface area contributed by atoms with Gasteiger partial charge in [-0.2, -0.15) is 4.39 Å². The van der Waals surface area contributed by atoms with Crippen LogP contribution < -0.4 is 0 Å². The van der Waals surface area contributed by atoms with Crippen LogP contribution in [0.5, 0.6) is 0 Å². The van der Waals surface area contributed by atoms with Gasteiger partial charge in [-0.05, 0) is 29.0 Å². The molecule has 1 rings (SSSR count). The second-order valence-corrected chi connectivity index (χ2v) is 5.07. The Labute approximate surface area is 101 Å². The molecule has 0 spiro atoms. The summed E-state index contributed by atoms with van der Waals surface area (Å²) < 4.78 is 13.2. The van der Waals surface area contributed by atoms with E-state index in [9.17, 15) is 9.18 Å². The average Bonchev–Trinajstić information content (AvgIpc) is 2.26. The lowest BCUT2D eigenvalue weighted by Crippen LogP contribution is -2.10. The van der Waals surface area contributed by atoms with E-state index in [1.54, 1.807) is 12.1 Å². The average molecular weight is 236 g/mol. The van der Waals surface area contributed by atoms with Gasteiger partial charge in [0, 0.05) is 0 Å². The summed E-state index contributed by atoms with van der Waals surface area (Å²) in [6.07, 6.45) is 0. The fourth-order valence-electron chi connectivity index (χ4n) is 1.51. The summed E-state index contributed by atoms with van der Waals surface area (Å²) in [6.45, 7) is 7.73. The van der Waals surface area contributed by atoms with Crippen LogP contribution >= 0.6 is 0 Å². The van der Waals surface area contributed by atoms with Crippen molar-refractivity contribution in [2.75, 3.05) is 0 Å². The smallest absolute Gasteiger partial charge is 0.365 e. The number of benzene rings is 1. The molecule has 0 radical (unpaired) electrons. The van der Waals surface area contributed by atoms with Crippen molar-refractivity contribution in [2.24, 2.45) is 0 Å². The van der Waals surface area contributed by atoms with Gasteiger partial charge in [-0.3, -0.25) is 0 Å². The Morgan fingerprint density at radius 1 is 1.18 bits per heavy atom. The summed E-state index contributed by atoms with van der Waals surface area (Å²) >= 11 is 0. The van der Waals surface area contributed by atoms with Crippen molar-refractivity contribution in [3.63, 3.8) is 0 Å². The molecule has 0 aliphatic rings. The van der Waals surface area contributed by atoms with E-state index >= 15 is 0 Å². The lowest BCUT2D eigenvalue weighted by molar-refractivity contribution is -0.134. The van der Waals surface area contributed by atoms with Gasteiger partial charge in [0.2, 0.25) is 5.83 Å². The van der Waals surface area contributed by atoms with Gasteiger partial charge in [0.25, 0.3) is 0 Å². The van der Waals surface area contributed by atoms with Gasteiger partial charge in [0.15, 0.2) is 0 Å². The lowest BCUT2D eigenvalue weighted by atomic mass is 9.86. The Hall–Kier alpha value is -1.64. The predicted octanol–water partition coefficient (Wildman–Crippen LogP) is 3.77. The third-order valence-electron chi connectivity index (χ3n) is 2.70. The summed E-state index contributed by atoms with van der Waals surface area (Å²) in [5, 5.41) is 8.56. The van der Waals surface area contributed by atoms with E-state index in [2.05, 4.69) is 20.8 Å². The van der Waals surface area contributed by atoms with E-state index in [1.807, 2.05) is 12.1 Å². The maximum absolute atomic E-state index is 13.2. The fraction of sp³-hybridized carbons (Fsp3) is 0.357. The molecule has 0 heterocycles. The van der Waals surface area contributed by atoms with Crippen LogP contribution in [0.15, 0.2) is 30.1 Å². The highest BCUT2D eigenvalue weighted by molar-refractivity contribution is 5.93. The maximum Gasteiger partial charge on any atom is 0.365 e. The number of carboxylic acid groups (broad SMARTS) is 1. The second-order valence-electron chi connectivity index (χ2n) is 5.07. The van der Waals surface area contributed by atoms with Crippen molar-refractivity contribution in [3.8, 4) is 0 Å². The van der Waals surface area contributed by atoms with Gasteiger partial charge in [-0.15, -0.1) is 0 Å². The number of rotatable bonds is 2. The first kappa shape index (κ1) is 13.4. The molecule has 1 aromatic rings. The number of carboxylic acids is 1. The molecule has 2 nitrogen and oxygen atoms in total. The zero-order chi connectivity index (χ0) is 13.2. The van der Waals surface area contributed by atoms with Crippen LogP contribution in [0, 0.1) is 0 Å². The monoisotopic (exact) mass is 236 g/mol. The Morgan fingerprint density at radius 3 is 2.00 bits per heavy atom. The van der Waals surface area contributed by atoms with E-state index in [0.717, 1.165) is 5.56 Å². The molecule has 0 amide bonds. The topological polar surface area (TPSA) is 37.3 Å². The Morgan fingerprint density at radius 2 is 1.65 bits per heavy atom. The molecule has 0 saturated carbocycles. The molecule has 0 aliphatic carbocycles. The molecule has 0 atom stereocenters. The van der Waals surface area contributed by atoms with E-state index in [4.69, 9.17) is 5.11 Å². The van der Waals surface area contributed by atoms with Crippen molar-refractivity contribution in [1.82, 2.24) is 0 Å². The fourth-order valence-corrected chi connectivity index (χ4v) is 1.51. The van der Waals surface area contributed by atoms with E-state index < -0.39 is 11.8 Å². The van der Waals surface area contributed by atoms with Crippen LogP contribution in [-0.2, 0) is 10.2 Å². The third-order valence-corrected chi connectivity index (χ3v) is 2.70. The normalized spacial score (nSPS) is 13.2. The number of hydrogen-bond acceptors (Lipinski definition) is 1. The highest BCUT2D eigenvalue weighted by Gasteiger charge is 2.15. The molecule has 0 bridgehead atoms. The van der Waals surface area contributed by atoms with Gasteiger partial charge in [0.05, 0.1) is 0 Å². The van der Waals surface area contributed by atoms with Crippen molar-refractivity contribution < 1.29 is 14.3 Å². The summed E-state index contributed by atoms with van der Waals surface area (Å²) in [6, 6.07) is 7.29. The van der Waals surface area contributed by atoms with Gasteiger partial charge < -0.3 is 5.11 Å². The molecule has 92 valence electrons. The largest absolute Gasteiger partial charge is 0.476 e. The summed E-state index contributed by atoms with van der Waals surface area (Å²) in [5.74, 6) is -2.63. The molecular weight excluding hydrogens is 219 g/mol. The van der Waals surface area contributed by atoms with Gasteiger partial charge >= 0.3 is 5.97 Å². The number of halogens is 1. The molecule has 0 saturated heterocycles. The Bertz CT molecular complexity index is 450. The highest BCUT2D eigenvalue weighted by Crippen LogP contribution is 2.25. The van der Waals surface area contributed by atoms with Crippen LogP contribution in [0.3, 0.4) is 0 Å². The van der Waals surface area contributed by atoms with Gasteiger partial charge in [0.1, 0.15) is 0 Å². The molecule has 1 N–H and O–H groups in total. The minimum absolute atomic E-state index is 0.0293. The molecule has 1 aromatic carbocycles. The lowest BCUT2D eigenvalue weighted by Gasteiger charge is -2.19. The molecule has 0 unspecified atom stereocenters. The Kier molecular flexibility index (Phi) is 3.71. The summed E-state index contributed by atoms with van der Waals surface area (Å²) in [5.41, 5.74) is 1.90. The third kappa shape index (κ3) is 3.16. The van der Waals surface area contributed by atoms with Crippen LogP contribution in [-0.4, -0.2) is 11.1 Å². The number of allylic oxidation sites excluding steroid dienone is 1. The highest BCUT2D eigenvalue weighted by atomic mass is 19.1. The summed E-state index contributed by atoms with van der Waals surface area (Å²) in [4.78, 5) is 10.5. The molecule has 0 aliphatic heterocycles. The molecule has 0 aromatic heterocycles. The van der Waals surface area contributed by atoms with Crippen molar-refractivity contribution >= 4 is 11.5 Å². The molecular formula is C14H17FO2.